The van der Waals surface area contributed by atoms with Crippen LogP contribution in [-0.2, 0) is 21.2 Å². The number of pyridine rings is 1. The largest absolute Gasteiger partial charge is 0.323 e. The van der Waals surface area contributed by atoms with E-state index in [1.54, 1.807) is 4.31 Å². The molecule has 2 aromatic rings. The fourth-order valence-electron chi connectivity index (χ4n) is 6.86. The summed E-state index contributed by atoms with van der Waals surface area (Å²) in [5.41, 5.74) is 8.24. The zero-order chi connectivity index (χ0) is 29.1. The molecule has 3 fully saturated rings. The Morgan fingerprint density at radius 1 is 1.20 bits per heavy atom. The van der Waals surface area contributed by atoms with E-state index >= 15 is 4.39 Å². The van der Waals surface area contributed by atoms with Gasteiger partial charge in [-0.25, -0.2) is 12.8 Å². The number of amides is 1. The van der Waals surface area contributed by atoms with Crippen molar-refractivity contribution in [3.8, 4) is 0 Å². The van der Waals surface area contributed by atoms with Gasteiger partial charge in [0.25, 0.3) is 0 Å². The number of nitrogens with one attached hydrogen (secondary N) is 2. The molecule has 224 valence electrons. The Bertz CT molecular complexity index is 1320. The van der Waals surface area contributed by atoms with Crippen molar-refractivity contribution < 1.29 is 17.6 Å². The summed E-state index contributed by atoms with van der Waals surface area (Å²) < 4.78 is 42.4. The third-order valence-corrected chi connectivity index (χ3v) is 11.5. The number of carbonyl (C=O) groups is 1. The summed E-state index contributed by atoms with van der Waals surface area (Å²) in [6.45, 7) is 3.21. The minimum atomic E-state index is -3.36. The summed E-state index contributed by atoms with van der Waals surface area (Å²) in [6, 6.07) is 6.53. The minimum absolute atomic E-state index is 0.138. The van der Waals surface area contributed by atoms with Gasteiger partial charge in [0.05, 0.1) is 29.9 Å². The highest BCUT2D eigenvalue weighted by atomic mass is 35.5. The second kappa shape index (κ2) is 13.0. The number of carbonyl (C=O) groups excluding carboxylic acids is 1. The summed E-state index contributed by atoms with van der Waals surface area (Å²) >= 11 is 6.15. The molecular weight excluding hydrogens is 565 g/mol. The molecule has 5 atom stereocenters. The van der Waals surface area contributed by atoms with Crippen LogP contribution in [0.15, 0.2) is 36.7 Å². The van der Waals surface area contributed by atoms with E-state index in [1.807, 2.05) is 24.3 Å². The van der Waals surface area contributed by atoms with Crippen LogP contribution in [-0.4, -0.2) is 60.6 Å². The van der Waals surface area contributed by atoms with Crippen LogP contribution >= 0.6 is 11.6 Å². The molecule has 3 aliphatic rings. The maximum absolute atomic E-state index is 15.1. The van der Waals surface area contributed by atoms with Crippen LogP contribution in [0.3, 0.4) is 0 Å². The molecule has 41 heavy (non-hydrogen) atoms. The van der Waals surface area contributed by atoms with Crippen molar-refractivity contribution in [2.24, 2.45) is 17.6 Å². The van der Waals surface area contributed by atoms with Gasteiger partial charge in [-0.2, -0.15) is 4.31 Å². The number of anilines is 1. The number of benzene rings is 1. The van der Waals surface area contributed by atoms with Crippen LogP contribution in [0.25, 0.3) is 0 Å². The van der Waals surface area contributed by atoms with E-state index in [9.17, 15) is 13.2 Å². The van der Waals surface area contributed by atoms with Crippen LogP contribution in [0.2, 0.25) is 5.02 Å². The first-order chi connectivity index (χ1) is 19.6. The van der Waals surface area contributed by atoms with Gasteiger partial charge in [0.1, 0.15) is 5.82 Å². The molecule has 4 N–H and O–H groups in total. The lowest BCUT2D eigenvalue weighted by atomic mass is 9.71. The molecule has 1 aromatic carbocycles. The number of rotatable bonds is 8. The van der Waals surface area contributed by atoms with Crippen molar-refractivity contribution in [1.29, 1.82) is 0 Å². The number of nitrogens with zero attached hydrogens (tertiary/aromatic N) is 2. The van der Waals surface area contributed by atoms with Gasteiger partial charge in [0.15, 0.2) is 0 Å². The van der Waals surface area contributed by atoms with Gasteiger partial charge in [-0.15, -0.1) is 0 Å². The molecule has 1 aliphatic carbocycles. The Kier molecular flexibility index (Phi) is 9.65. The predicted molar refractivity (Wildman–Crippen MR) is 160 cm³/mol. The molecule has 0 spiro atoms. The van der Waals surface area contributed by atoms with Crippen LogP contribution < -0.4 is 16.4 Å². The summed E-state index contributed by atoms with van der Waals surface area (Å²) in [4.78, 5) is 17.6. The zero-order valence-corrected chi connectivity index (χ0v) is 25.1. The average molecular weight is 606 g/mol. The topological polar surface area (TPSA) is 117 Å². The predicted octanol–water partition coefficient (Wildman–Crippen LogP) is 4.45. The van der Waals surface area contributed by atoms with E-state index in [-0.39, 0.29) is 41.8 Å². The molecular formula is C30H41ClFN5O3S. The lowest BCUT2D eigenvalue weighted by molar-refractivity contribution is -0.118. The van der Waals surface area contributed by atoms with Crippen LogP contribution in [0.4, 0.5) is 10.1 Å². The van der Waals surface area contributed by atoms with Gasteiger partial charge in [0.2, 0.25) is 15.9 Å². The van der Waals surface area contributed by atoms with Crippen molar-refractivity contribution in [2.45, 2.75) is 82.3 Å². The number of aromatic nitrogens is 1. The lowest BCUT2D eigenvalue weighted by Crippen LogP contribution is -2.57. The van der Waals surface area contributed by atoms with Crippen molar-refractivity contribution >= 4 is 33.2 Å². The maximum atomic E-state index is 15.1. The van der Waals surface area contributed by atoms with Crippen LogP contribution in [0.5, 0.6) is 0 Å². The van der Waals surface area contributed by atoms with Gasteiger partial charge >= 0.3 is 0 Å². The van der Waals surface area contributed by atoms with Gasteiger partial charge in [-0.1, -0.05) is 43.5 Å². The minimum Gasteiger partial charge on any atom is -0.323 e. The third-order valence-electron chi connectivity index (χ3n) is 9.27. The molecule has 2 saturated heterocycles. The summed E-state index contributed by atoms with van der Waals surface area (Å²) in [5.74, 6) is -0.103. The number of fused-ring (bicyclic) bond motifs is 2. The van der Waals surface area contributed by atoms with Gasteiger partial charge in [0, 0.05) is 41.7 Å². The van der Waals surface area contributed by atoms with E-state index in [4.69, 9.17) is 17.3 Å². The normalized spacial score (nSPS) is 29.2. The highest BCUT2D eigenvalue weighted by molar-refractivity contribution is 7.89. The Labute approximate surface area is 247 Å². The number of hydrogen-bond acceptors (Lipinski definition) is 6. The van der Waals surface area contributed by atoms with E-state index in [0.29, 0.717) is 42.4 Å². The second-order valence-electron chi connectivity index (χ2n) is 12.1. The quantitative estimate of drug-likeness (QED) is 0.409. The smallest absolute Gasteiger partial charge is 0.241 e. The fourth-order valence-corrected chi connectivity index (χ4v) is 8.79. The number of hydrogen-bond donors (Lipinski definition) is 3. The fraction of sp³-hybridized carbons (Fsp3) is 0.600. The Morgan fingerprint density at radius 2 is 1.93 bits per heavy atom. The van der Waals surface area contributed by atoms with Crippen LogP contribution in [0, 0.1) is 17.7 Å². The lowest BCUT2D eigenvalue weighted by Gasteiger charge is -2.37. The van der Waals surface area contributed by atoms with Crippen molar-refractivity contribution in [3.05, 3.63) is 58.6 Å². The first-order valence-corrected chi connectivity index (χ1v) is 16.8. The monoisotopic (exact) mass is 605 g/mol. The highest BCUT2D eigenvalue weighted by Gasteiger charge is 2.38. The molecule has 1 saturated carbocycles. The molecule has 0 radical (unpaired) electrons. The van der Waals surface area contributed by atoms with Crippen molar-refractivity contribution in [2.75, 3.05) is 24.2 Å². The first kappa shape index (κ1) is 30.4. The molecule has 1 aromatic heterocycles. The van der Waals surface area contributed by atoms with Crippen LogP contribution in [0.1, 0.15) is 68.9 Å². The Morgan fingerprint density at radius 3 is 2.66 bits per heavy atom. The summed E-state index contributed by atoms with van der Waals surface area (Å²) in [7, 11) is -3.36. The average Bonchev–Trinajstić information content (AvgIpc) is 3.06. The van der Waals surface area contributed by atoms with Gasteiger partial charge in [-0.05, 0) is 68.1 Å². The standard InChI is InChI=1S/C30H41ClFN5O3S/c1-19-4-6-20(7-5-19)28(21-8-10-22(31)11-9-21)29(33)30(38)36-27-17-34-16-26(32)25(27)13-12-24-15-35-23-3-2-14-41(39,40)37(24)18-23/h8-11,16-17,19-20,23-24,28-29,35H,2-7,12-15,18,33H2,1H3,(H,36,38)/t19?,20?,23-,24+,28-,29+/m1/s1. The molecule has 11 heteroatoms. The molecule has 2 bridgehead atoms. The second-order valence-corrected chi connectivity index (χ2v) is 14.6. The van der Waals surface area contributed by atoms with Crippen molar-refractivity contribution in [3.63, 3.8) is 0 Å². The van der Waals surface area contributed by atoms with E-state index in [1.165, 1.54) is 6.20 Å². The summed E-state index contributed by atoms with van der Waals surface area (Å²) in [5, 5.41) is 6.95. The number of nitrogens with two attached hydrogens (primary N) is 1. The molecule has 3 heterocycles. The molecule has 2 aliphatic heterocycles. The third kappa shape index (κ3) is 7.10. The number of piperazine rings is 1. The zero-order valence-electron chi connectivity index (χ0n) is 23.6. The van der Waals surface area contributed by atoms with Gasteiger partial charge < -0.3 is 16.4 Å². The first-order valence-electron chi connectivity index (χ1n) is 14.8. The maximum Gasteiger partial charge on any atom is 0.241 e. The Hall–Kier alpha value is -2.11. The highest BCUT2D eigenvalue weighted by Crippen LogP contribution is 2.40. The molecule has 1 amide bonds. The molecule has 5 rings (SSSR count). The molecule has 1 unspecified atom stereocenters. The summed E-state index contributed by atoms with van der Waals surface area (Å²) in [6.07, 6.45) is 8.85. The number of sulfonamides is 1. The number of halogens is 2. The van der Waals surface area contributed by atoms with E-state index in [2.05, 4.69) is 22.5 Å². The van der Waals surface area contributed by atoms with Crippen molar-refractivity contribution in [1.82, 2.24) is 14.6 Å². The Balaban J connectivity index is 1.32. The SMILES string of the molecule is CC1CCC([C@H](c2ccc(Cl)cc2)[C@H](N)C(=O)Nc2cncc(F)c2CC[C@H]2CN[C@@H]3CCCS(=O)(=O)N2C3)CC1. The van der Waals surface area contributed by atoms with Gasteiger partial charge in [-0.3, -0.25) is 9.78 Å². The molecule has 8 nitrogen and oxygen atoms in total. The van der Waals surface area contributed by atoms with E-state index < -0.39 is 27.8 Å². The van der Waals surface area contributed by atoms with E-state index in [0.717, 1.165) is 43.9 Å².